The molecule has 1 aliphatic heterocycles. The molecule has 138 valence electrons. The number of nitrogens with one attached hydrogen (secondary N) is 2. The summed E-state index contributed by atoms with van der Waals surface area (Å²) >= 11 is 0. The summed E-state index contributed by atoms with van der Waals surface area (Å²) in [5, 5.41) is 9.01. The van der Waals surface area contributed by atoms with Crippen LogP contribution in [0, 0.1) is 0 Å². The van der Waals surface area contributed by atoms with Crippen LogP contribution < -0.4 is 15.4 Å². The monoisotopic (exact) mass is 364 g/mol. The van der Waals surface area contributed by atoms with Crippen molar-refractivity contribution in [3.63, 3.8) is 0 Å². The third kappa shape index (κ3) is 3.98. The molecule has 2 N–H and O–H groups in total. The Balaban J connectivity index is 1.28. The molecule has 2 aliphatic rings. The first kappa shape index (κ1) is 16.9. The van der Waals surface area contributed by atoms with Crippen molar-refractivity contribution in [1.29, 1.82) is 0 Å². The highest BCUT2D eigenvalue weighted by atomic mass is 19.3. The predicted octanol–water partition coefficient (Wildman–Crippen LogP) is 2.46. The van der Waals surface area contributed by atoms with Crippen molar-refractivity contribution in [2.45, 2.75) is 43.8 Å². The fourth-order valence-electron chi connectivity index (χ4n) is 2.73. The molecule has 2 fully saturated rings. The van der Waals surface area contributed by atoms with Gasteiger partial charge in [0.15, 0.2) is 6.61 Å². The van der Waals surface area contributed by atoms with E-state index in [9.17, 15) is 13.6 Å². The Hall–Kier alpha value is -2.55. The molecule has 0 bridgehead atoms. The number of anilines is 1. The smallest absolute Gasteiger partial charge is 0.262 e. The summed E-state index contributed by atoms with van der Waals surface area (Å²) in [4.78, 5) is 16.3. The summed E-state index contributed by atoms with van der Waals surface area (Å²) in [6, 6.07) is 5.75. The molecule has 1 aliphatic carbocycles. The van der Waals surface area contributed by atoms with Crippen molar-refractivity contribution >= 4 is 11.6 Å². The minimum Gasteiger partial charge on any atom is -0.485 e. The van der Waals surface area contributed by atoms with Crippen molar-refractivity contribution < 1.29 is 22.8 Å². The highest BCUT2D eigenvalue weighted by Gasteiger charge is 2.42. The molecule has 1 saturated heterocycles. The number of alkyl halides is 2. The molecular formula is C17H18F2N4O3. The highest BCUT2D eigenvalue weighted by Crippen LogP contribution is 2.38. The number of hydrogen-bond acceptors (Lipinski definition) is 6. The van der Waals surface area contributed by atoms with Gasteiger partial charge in [-0.05, 0) is 37.1 Å². The highest BCUT2D eigenvalue weighted by molar-refractivity contribution is 5.95. The second-order valence-electron chi connectivity index (χ2n) is 6.62. The number of carbonyl (C=O) groups is 1. The first-order chi connectivity index (χ1) is 12.5. The number of amides is 1. The number of carbonyl (C=O) groups excluding carboxylic acids is 1. The van der Waals surface area contributed by atoms with Crippen LogP contribution in [-0.4, -0.2) is 34.6 Å². The third-order valence-corrected chi connectivity index (χ3v) is 4.33. The summed E-state index contributed by atoms with van der Waals surface area (Å²) in [5.74, 6) is -1.20. The average Bonchev–Trinajstić information content (AvgIpc) is 3.24. The number of rotatable bonds is 6. The summed E-state index contributed by atoms with van der Waals surface area (Å²) in [6.45, 7) is -0.292. The first-order valence-corrected chi connectivity index (χ1v) is 8.46. The fraction of sp³-hybridized carbons (Fsp3) is 0.471. The van der Waals surface area contributed by atoms with Gasteiger partial charge in [-0.15, -0.1) is 0 Å². The van der Waals surface area contributed by atoms with Crippen LogP contribution in [0.3, 0.4) is 0 Å². The molecule has 2 heterocycles. The van der Waals surface area contributed by atoms with Crippen molar-refractivity contribution in [1.82, 2.24) is 15.5 Å². The topological polar surface area (TPSA) is 89.3 Å². The fourth-order valence-corrected chi connectivity index (χ4v) is 2.73. The van der Waals surface area contributed by atoms with E-state index in [1.165, 1.54) is 0 Å². The summed E-state index contributed by atoms with van der Waals surface area (Å²) in [7, 11) is 0. The molecule has 1 unspecified atom stereocenters. The Morgan fingerprint density at radius 3 is 2.77 bits per heavy atom. The molecule has 9 heteroatoms. The maximum absolute atomic E-state index is 13.1. The Kier molecular flexibility index (Phi) is 4.31. The van der Waals surface area contributed by atoms with Crippen LogP contribution in [0.25, 0.3) is 0 Å². The maximum Gasteiger partial charge on any atom is 0.262 e. The van der Waals surface area contributed by atoms with E-state index in [2.05, 4.69) is 20.8 Å². The standard InChI is InChI=1S/C17H18F2N4O3/c18-17(19)7-13(20-9-17)15(24)21-11-3-5-12(6-4-11)25-8-14-22-16(26-23-14)10-1-2-10/h3-6,10,13,20H,1-2,7-9H2,(H,21,24). The van der Waals surface area contributed by atoms with Crippen LogP contribution in [0.5, 0.6) is 5.75 Å². The van der Waals surface area contributed by atoms with Crippen molar-refractivity contribution in [2.75, 3.05) is 11.9 Å². The largest absolute Gasteiger partial charge is 0.485 e. The number of benzene rings is 1. The van der Waals surface area contributed by atoms with E-state index >= 15 is 0 Å². The Morgan fingerprint density at radius 2 is 2.12 bits per heavy atom. The van der Waals surface area contributed by atoms with Crippen molar-refractivity contribution in [2.24, 2.45) is 0 Å². The van der Waals surface area contributed by atoms with E-state index in [-0.39, 0.29) is 6.61 Å². The zero-order valence-corrected chi connectivity index (χ0v) is 13.9. The van der Waals surface area contributed by atoms with Crippen LogP contribution in [0.4, 0.5) is 14.5 Å². The van der Waals surface area contributed by atoms with E-state index in [1.807, 2.05) is 0 Å². The van der Waals surface area contributed by atoms with Gasteiger partial charge in [-0.2, -0.15) is 4.98 Å². The van der Waals surface area contributed by atoms with Crippen LogP contribution in [0.15, 0.2) is 28.8 Å². The van der Waals surface area contributed by atoms with E-state index < -0.39 is 30.8 Å². The zero-order valence-electron chi connectivity index (χ0n) is 13.9. The van der Waals surface area contributed by atoms with Gasteiger partial charge in [0.05, 0.1) is 12.6 Å². The Labute approximate surface area is 148 Å². The lowest BCUT2D eigenvalue weighted by Gasteiger charge is -2.11. The molecule has 1 atom stereocenters. The van der Waals surface area contributed by atoms with E-state index in [1.54, 1.807) is 24.3 Å². The number of hydrogen-bond donors (Lipinski definition) is 2. The van der Waals surface area contributed by atoms with Gasteiger partial charge < -0.3 is 14.6 Å². The van der Waals surface area contributed by atoms with E-state index in [0.717, 1.165) is 12.8 Å². The lowest BCUT2D eigenvalue weighted by atomic mass is 10.2. The summed E-state index contributed by atoms with van der Waals surface area (Å²) in [6.07, 6.45) is 1.68. The molecule has 0 radical (unpaired) electrons. The van der Waals surface area contributed by atoms with Gasteiger partial charge in [0.2, 0.25) is 17.6 Å². The molecule has 26 heavy (non-hydrogen) atoms. The van der Waals surface area contributed by atoms with Gasteiger partial charge in [-0.1, -0.05) is 5.16 Å². The van der Waals surface area contributed by atoms with Crippen LogP contribution >= 0.6 is 0 Å². The van der Waals surface area contributed by atoms with Gasteiger partial charge in [-0.3, -0.25) is 10.1 Å². The second kappa shape index (κ2) is 6.64. The summed E-state index contributed by atoms with van der Waals surface area (Å²) in [5.41, 5.74) is 0.509. The molecule has 1 amide bonds. The zero-order chi connectivity index (χ0) is 18.1. The van der Waals surface area contributed by atoms with Crippen LogP contribution in [0.1, 0.15) is 36.9 Å². The van der Waals surface area contributed by atoms with E-state index in [0.29, 0.717) is 29.1 Å². The van der Waals surface area contributed by atoms with Crippen molar-refractivity contribution in [3.05, 3.63) is 36.0 Å². The molecule has 1 aromatic heterocycles. The average molecular weight is 364 g/mol. The van der Waals surface area contributed by atoms with Gasteiger partial charge in [0.25, 0.3) is 5.92 Å². The van der Waals surface area contributed by atoms with Gasteiger partial charge >= 0.3 is 0 Å². The third-order valence-electron chi connectivity index (χ3n) is 4.33. The quantitative estimate of drug-likeness (QED) is 0.819. The molecule has 7 nitrogen and oxygen atoms in total. The van der Waals surface area contributed by atoms with Gasteiger partial charge in [0, 0.05) is 18.0 Å². The van der Waals surface area contributed by atoms with Gasteiger partial charge in [-0.25, -0.2) is 8.78 Å². The van der Waals surface area contributed by atoms with E-state index in [4.69, 9.17) is 9.26 Å². The lowest BCUT2D eigenvalue weighted by molar-refractivity contribution is -0.118. The SMILES string of the molecule is O=C(Nc1ccc(OCc2noc(C3CC3)n2)cc1)C1CC(F)(F)CN1. The minimum atomic E-state index is -2.84. The van der Waals surface area contributed by atoms with Crippen LogP contribution in [-0.2, 0) is 11.4 Å². The Bertz CT molecular complexity index is 790. The lowest BCUT2D eigenvalue weighted by Crippen LogP contribution is -2.35. The molecule has 1 saturated carbocycles. The number of ether oxygens (including phenoxy) is 1. The number of nitrogens with zero attached hydrogens (tertiary/aromatic N) is 2. The Morgan fingerprint density at radius 1 is 1.35 bits per heavy atom. The predicted molar refractivity (Wildman–Crippen MR) is 87.0 cm³/mol. The molecular weight excluding hydrogens is 346 g/mol. The van der Waals surface area contributed by atoms with Crippen molar-refractivity contribution in [3.8, 4) is 5.75 Å². The van der Waals surface area contributed by atoms with Crippen LogP contribution in [0.2, 0.25) is 0 Å². The molecule has 1 aromatic carbocycles. The summed E-state index contributed by atoms with van der Waals surface area (Å²) < 4.78 is 37.0. The molecule has 0 spiro atoms. The maximum atomic E-state index is 13.1. The first-order valence-electron chi connectivity index (χ1n) is 8.46. The minimum absolute atomic E-state index is 0.184. The normalized spacial score (nSPS) is 21.5. The number of halogens is 2. The molecule has 2 aromatic rings. The number of aromatic nitrogens is 2. The molecule has 4 rings (SSSR count). The van der Waals surface area contributed by atoms with Gasteiger partial charge in [0.1, 0.15) is 5.75 Å². The second-order valence-corrected chi connectivity index (χ2v) is 6.62.